The van der Waals surface area contributed by atoms with E-state index in [1.54, 1.807) is 42.5 Å². The van der Waals surface area contributed by atoms with Gasteiger partial charge in [0.25, 0.3) is 5.91 Å². The molecular formula is C27H29FN2O4S. The molecule has 0 spiro atoms. The summed E-state index contributed by atoms with van der Waals surface area (Å²) in [5.74, 6) is -0.712. The van der Waals surface area contributed by atoms with Crippen molar-refractivity contribution in [2.45, 2.75) is 24.8 Å². The van der Waals surface area contributed by atoms with Gasteiger partial charge in [0.1, 0.15) is 5.82 Å². The first-order valence-corrected chi connectivity index (χ1v) is 13.4. The van der Waals surface area contributed by atoms with Crippen LogP contribution >= 0.6 is 0 Å². The molecule has 1 aliphatic rings. The highest BCUT2D eigenvalue weighted by molar-refractivity contribution is 7.92. The van der Waals surface area contributed by atoms with E-state index in [2.05, 4.69) is 17.4 Å². The summed E-state index contributed by atoms with van der Waals surface area (Å²) in [6.07, 6.45) is 2.70. The molecule has 1 amide bonds. The Morgan fingerprint density at radius 3 is 2.23 bits per heavy atom. The zero-order chi connectivity index (χ0) is 24.9. The second kappa shape index (κ2) is 10.6. The summed E-state index contributed by atoms with van der Waals surface area (Å²) in [4.78, 5) is 13.0. The van der Waals surface area contributed by atoms with Crippen LogP contribution in [-0.4, -0.2) is 40.3 Å². The van der Waals surface area contributed by atoms with Gasteiger partial charge in [0.05, 0.1) is 18.5 Å². The van der Waals surface area contributed by atoms with Gasteiger partial charge in [-0.15, -0.1) is 0 Å². The molecule has 0 aromatic heterocycles. The highest BCUT2D eigenvalue weighted by atomic mass is 32.2. The highest BCUT2D eigenvalue weighted by Gasteiger charge is 2.34. The maximum atomic E-state index is 14.1. The van der Waals surface area contributed by atoms with Gasteiger partial charge in [-0.3, -0.25) is 9.10 Å². The lowest BCUT2D eigenvalue weighted by Crippen LogP contribution is -2.44. The lowest BCUT2D eigenvalue weighted by Gasteiger charge is -2.38. The molecule has 0 saturated carbocycles. The van der Waals surface area contributed by atoms with Gasteiger partial charge in [-0.2, -0.15) is 0 Å². The smallest absolute Gasteiger partial charge is 0.251 e. The molecule has 4 rings (SSSR count). The van der Waals surface area contributed by atoms with E-state index in [9.17, 15) is 17.6 Å². The molecule has 1 N–H and O–H groups in total. The minimum absolute atomic E-state index is 0.140. The van der Waals surface area contributed by atoms with Crippen LogP contribution in [0.5, 0.6) is 0 Å². The van der Waals surface area contributed by atoms with Crippen molar-refractivity contribution in [3.8, 4) is 0 Å². The molecule has 35 heavy (non-hydrogen) atoms. The van der Waals surface area contributed by atoms with E-state index in [1.165, 1.54) is 11.6 Å². The Bertz CT molecular complexity index is 1260. The van der Waals surface area contributed by atoms with Crippen LogP contribution in [0.15, 0.2) is 78.9 Å². The molecule has 6 nitrogen and oxygen atoms in total. The van der Waals surface area contributed by atoms with Crippen LogP contribution in [0, 0.1) is 5.82 Å². The zero-order valence-electron chi connectivity index (χ0n) is 19.6. The van der Waals surface area contributed by atoms with Crippen molar-refractivity contribution >= 4 is 21.6 Å². The van der Waals surface area contributed by atoms with Gasteiger partial charge in [0.2, 0.25) is 10.0 Å². The maximum Gasteiger partial charge on any atom is 0.251 e. The van der Waals surface area contributed by atoms with E-state index in [1.807, 2.05) is 18.2 Å². The monoisotopic (exact) mass is 496 g/mol. The summed E-state index contributed by atoms with van der Waals surface area (Å²) < 4.78 is 45.7. The van der Waals surface area contributed by atoms with Crippen LogP contribution in [0.1, 0.15) is 34.3 Å². The van der Waals surface area contributed by atoms with Crippen molar-refractivity contribution in [2.24, 2.45) is 0 Å². The fourth-order valence-corrected chi connectivity index (χ4v) is 5.31. The van der Waals surface area contributed by atoms with Crippen LogP contribution in [0.4, 0.5) is 10.1 Å². The van der Waals surface area contributed by atoms with Gasteiger partial charge in [-0.25, -0.2) is 12.8 Å². The first-order valence-electron chi connectivity index (χ1n) is 11.5. The van der Waals surface area contributed by atoms with Gasteiger partial charge in [-0.05, 0) is 48.7 Å². The van der Waals surface area contributed by atoms with Crippen LogP contribution in [-0.2, 0) is 26.7 Å². The van der Waals surface area contributed by atoms with Crippen molar-refractivity contribution in [3.63, 3.8) is 0 Å². The quantitative estimate of drug-likeness (QED) is 0.505. The Balaban J connectivity index is 1.49. The largest absolute Gasteiger partial charge is 0.381 e. The molecule has 3 aromatic rings. The molecule has 0 radical (unpaired) electrons. The van der Waals surface area contributed by atoms with Gasteiger partial charge in [0, 0.05) is 36.3 Å². The van der Waals surface area contributed by atoms with Crippen LogP contribution in [0.25, 0.3) is 0 Å². The molecule has 3 aromatic carbocycles. The second-order valence-electron chi connectivity index (χ2n) is 8.85. The standard InChI is InChI=1S/C27H29FN2O4S/c1-35(32,33)30(19-22-7-5-6-10-25(22)28)24-13-11-21(12-14-24)26(31)29-20-27(15-17-34-18-16-27)23-8-3-2-4-9-23/h2-14H,15-20H2,1H3,(H,29,31). The van der Waals surface area contributed by atoms with E-state index in [0.29, 0.717) is 31.0 Å². The number of anilines is 1. The molecule has 1 aliphatic heterocycles. The summed E-state index contributed by atoms with van der Waals surface area (Å²) >= 11 is 0. The zero-order valence-corrected chi connectivity index (χ0v) is 20.4. The van der Waals surface area contributed by atoms with Gasteiger partial charge >= 0.3 is 0 Å². The van der Waals surface area contributed by atoms with E-state index in [0.717, 1.165) is 23.4 Å². The number of nitrogens with one attached hydrogen (secondary N) is 1. The highest BCUT2D eigenvalue weighted by Crippen LogP contribution is 2.34. The lowest BCUT2D eigenvalue weighted by atomic mass is 9.74. The molecular weight excluding hydrogens is 467 g/mol. The van der Waals surface area contributed by atoms with Gasteiger partial charge in [0.15, 0.2) is 0 Å². The molecule has 184 valence electrons. The lowest BCUT2D eigenvalue weighted by molar-refractivity contribution is 0.0487. The van der Waals surface area contributed by atoms with Crippen molar-refractivity contribution < 1.29 is 22.3 Å². The molecule has 0 atom stereocenters. The third kappa shape index (κ3) is 5.89. The molecule has 0 aliphatic carbocycles. The first-order chi connectivity index (χ1) is 16.8. The summed E-state index contributed by atoms with van der Waals surface area (Å²) in [5.41, 5.74) is 2.03. The number of hydrogen-bond donors (Lipinski definition) is 1. The summed E-state index contributed by atoms with van der Waals surface area (Å²) in [6.45, 7) is 1.62. The van der Waals surface area contributed by atoms with Crippen molar-refractivity contribution in [2.75, 3.05) is 30.3 Å². The third-order valence-corrected chi connectivity index (χ3v) is 7.65. The second-order valence-corrected chi connectivity index (χ2v) is 10.8. The van der Waals surface area contributed by atoms with Gasteiger partial charge < -0.3 is 10.1 Å². The average molecular weight is 497 g/mol. The molecule has 0 bridgehead atoms. The Labute approximate surface area is 205 Å². The number of halogens is 1. The Morgan fingerprint density at radius 2 is 1.60 bits per heavy atom. The van der Waals surface area contributed by atoms with Crippen LogP contribution in [0.2, 0.25) is 0 Å². The normalized spacial score (nSPS) is 15.4. The number of sulfonamides is 1. The Kier molecular flexibility index (Phi) is 7.52. The molecule has 8 heteroatoms. The fourth-order valence-electron chi connectivity index (χ4n) is 4.43. The SMILES string of the molecule is CS(=O)(=O)N(Cc1ccccc1F)c1ccc(C(=O)NCC2(c3ccccc3)CCOCC2)cc1. The van der Waals surface area contributed by atoms with Crippen molar-refractivity contribution in [1.29, 1.82) is 0 Å². The molecule has 1 heterocycles. The minimum Gasteiger partial charge on any atom is -0.381 e. The summed E-state index contributed by atoms with van der Waals surface area (Å²) in [6, 6.07) is 22.5. The first kappa shape index (κ1) is 24.9. The average Bonchev–Trinajstić information content (AvgIpc) is 2.87. The molecule has 1 fully saturated rings. The number of rotatable bonds is 8. The summed E-state index contributed by atoms with van der Waals surface area (Å²) in [5, 5.41) is 3.06. The third-order valence-electron chi connectivity index (χ3n) is 6.51. The summed E-state index contributed by atoms with van der Waals surface area (Å²) in [7, 11) is -3.68. The van der Waals surface area contributed by atoms with Crippen LogP contribution in [0.3, 0.4) is 0 Å². The molecule has 1 saturated heterocycles. The number of carbonyl (C=O) groups is 1. The predicted octanol–water partition coefficient (Wildman–Crippen LogP) is 4.27. The van der Waals surface area contributed by atoms with Crippen molar-refractivity contribution in [3.05, 3.63) is 101 Å². The fraction of sp³-hybridized carbons (Fsp3) is 0.296. The Hall–Kier alpha value is -3.23. The topological polar surface area (TPSA) is 75.7 Å². The number of carbonyl (C=O) groups excluding carboxylic acids is 1. The van der Waals surface area contributed by atoms with Crippen molar-refractivity contribution in [1.82, 2.24) is 5.32 Å². The number of hydrogen-bond acceptors (Lipinski definition) is 4. The predicted molar refractivity (Wildman–Crippen MR) is 134 cm³/mol. The van der Waals surface area contributed by atoms with E-state index < -0.39 is 15.8 Å². The number of benzene rings is 3. The number of amides is 1. The molecule has 0 unspecified atom stereocenters. The Morgan fingerprint density at radius 1 is 0.971 bits per heavy atom. The van der Waals surface area contributed by atoms with E-state index in [4.69, 9.17) is 4.74 Å². The van der Waals surface area contributed by atoms with Crippen LogP contribution < -0.4 is 9.62 Å². The number of nitrogens with zero attached hydrogens (tertiary/aromatic N) is 1. The van der Waals surface area contributed by atoms with Gasteiger partial charge in [-0.1, -0.05) is 48.5 Å². The van der Waals surface area contributed by atoms with E-state index in [-0.39, 0.29) is 23.4 Å². The number of ether oxygens (including phenoxy) is 1. The van der Waals surface area contributed by atoms with E-state index >= 15 is 0 Å². The minimum atomic E-state index is -3.68. The maximum absolute atomic E-state index is 14.1.